The molecule has 1 amide bonds. The molecule has 10 heteroatoms. The van der Waals surface area contributed by atoms with Gasteiger partial charge in [-0.15, -0.1) is 4.40 Å². The molecule has 0 saturated carbocycles. The first kappa shape index (κ1) is 20.5. The number of amides is 1. The maximum atomic E-state index is 13.0. The number of nitrogens with zero attached hydrogens (tertiary/aromatic N) is 4. The highest BCUT2D eigenvalue weighted by Crippen LogP contribution is 2.29. The van der Waals surface area contributed by atoms with E-state index in [1.54, 1.807) is 30.5 Å². The monoisotopic (exact) mass is 453 g/mol. The van der Waals surface area contributed by atoms with E-state index in [-0.39, 0.29) is 23.4 Å². The summed E-state index contributed by atoms with van der Waals surface area (Å²) >= 11 is 0. The highest BCUT2D eigenvalue weighted by Gasteiger charge is 2.28. The number of hydrogen-bond donors (Lipinski definition) is 1. The number of carbonyl (C=O) groups is 1. The Bertz CT molecular complexity index is 1330. The average Bonchev–Trinajstić information content (AvgIpc) is 3.24. The van der Waals surface area contributed by atoms with Gasteiger partial charge in [-0.2, -0.15) is 0 Å². The van der Waals surface area contributed by atoms with Crippen molar-refractivity contribution in [2.24, 2.45) is 16.0 Å². The molecule has 1 fully saturated rings. The second-order valence-electron chi connectivity index (χ2n) is 8.17. The molecule has 1 aromatic carbocycles. The van der Waals surface area contributed by atoms with Crippen molar-refractivity contribution in [3.63, 3.8) is 0 Å². The summed E-state index contributed by atoms with van der Waals surface area (Å²) in [5.41, 5.74) is 8.41. The Balaban J connectivity index is 1.28. The lowest BCUT2D eigenvalue weighted by molar-refractivity contribution is 0.0633. The fraction of sp³-hybridized carbons (Fsp3) is 0.318. The number of likely N-dealkylation sites (tertiary alicyclic amines) is 1. The van der Waals surface area contributed by atoms with Gasteiger partial charge in [-0.3, -0.25) is 4.79 Å². The van der Waals surface area contributed by atoms with E-state index in [0.717, 1.165) is 18.5 Å². The smallest absolute Gasteiger partial charge is 0.259 e. The normalized spacial score (nSPS) is 19.9. The number of rotatable bonds is 4. The third-order valence-corrected chi connectivity index (χ3v) is 7.02. The molecule has 3 aromatic rings. The highest BCUT2D eigenvalue weighted by atomic mass is 32.2. The number of nitrogens with two attached hydrogens (primary N) is 1. The van der Waals surface area contributed by atoms with Gasteiger partial charge in [-0.05, 0) is 36.6 Å². The van der Waals surface area contributed by atoms with Gasteiger partial charge < -0.3 is 19.8 Å². The van der Waals surface area contributed by atoms with Crippen molar-refractivity contribution < 1.29 is 17.9 Å². The lowest BCUT2D eigenvalue weighted by Gasteiger charge is -2.33. The van der Waals surface area contributed by atoms with Gasteiger partial charge in [0.25, 0.3) is 15.9 Å². The molecular formula is C22H23N5O4S. The minimum atomic E-state index is -3.59. The molecule has 0 spiro atoms. The van der Waals surface area contributed by atoms with E-state index in [1.807, 2.05) is 27.8 Å². The van der Waals surface area contributed by atoms with Crippen LogP contribution in [0.15, 0.2) is 53.3 Å². The van der Waals surface area contributed by atoms with Crippen LogP contribution in [0.2, 0.25) is 0 Å². The van der Waals surface area contributed by atoms with E-state index in [1.165, 1.54) is 0 Å². The topological polar surface area (TPSA) is 119 Å². The molecule has 166 valence electrons. The number of pyridine rings is 1. The van der Waals surface area contributed by atoms with Crippen molar-refractivity contribution in [3.05, 3.63) is 65.6 Å². The number of benzene rings is 1. The quantitative estimate of drug-likeness (QED) is 0.643. The molecule has 5 rings (SSSR count). The molecule has 32 heavy (non-hydrogen) atoms. The number of sulfonamides is 1. The molecule has 0 bridgehead atoms. The molecule has 2 aromatic heterocycles. The molecule has 0 aliphatic carbocycles. The van der Waals surface area contributed by atoms with Crippen LogP contribution in [0.25, 0.3) is 5.65 Å². The second-order valence-corrected chi connectivity index (χ2v) is 9.81. The summed E-state index contributed by atoms with van der Waals surface area (Å²) in [4.78, 5) is 19.1. The van der Waals surface area contributed by atoms with Crippen LogP contribution in [0, 0.1) is 5.92 Å². The summed E-state index contributed by atoms with van der Waals surface area (Å²) in [6.45, 7) is 1.69. The van der Waals surface area contributed by atoms with Crippen molar-refractivity contribution in [2.75, 3.05) is 19.7 Å². The van der Waals surface area contributed by atoms with Crippen LogP contribution in [0.4, 0.5) is 0 Å². The summed E-state index contributed by atoms with van der Waals surface area (Å²) in [5, 5.41) is 0. The zero-order valence-electron chi connectivity index (χ0n) is 17.3. The minimum Gasteiger partial charge on any atom is -0.492 e. The minimum absolute atomic E-state index is 0.0149. The van der Waals surface area contributed by atoms with Gasteiger partial charge >= 0.3 is 0 Å². The van der Waals surface area contributed by atoms with Crippen LogP contribution in [-0.2, 0) is 15.8 Å². The number of carbonyl (C=O) groups excluding carboxylic acids is 1. The van der Waals surface area contributed by atoms with E-state index in [0.29, 0.717) is 42.1 Å². The Labute approximate surface area is 185 Å². The molecular weight excluding hydrogens is 430 g/mol. The van der Waals surface area contributed by atoms with Gasteiger partial charge in [0.15, 0.2) is 0 Å². The Morgan fingerprint density at radius 3 is 3.00 bits per heavy atom. The van der Waals surface area contributed by atoms with E-state index in [4.69, 9.17) is 10.5 Å². The largest absolute Gasteiger partial charge is 0.492 e. The first-order valence-corrected chi connectivity index (χ1v) is 12.1. The second kappa shape index (κ2) is 7.94. The van der Waals surface area contributed by atoms with E-state index in [9.17, 15) is 13.2 Å². The lowest BCUT2D eigenvalue weighted by Crippen LogP contribution is -2.41. The summed E-state index contributed by atoms with van der Waals surface area (Å²) in [5.74, 6) is 0.430. The third-order valence-electron chi connectivity index (χ3n) is 5.87. The lowest BCUT2D eigenvalue weighted by atomic mass is 9.98. The third kappa shape index (κ3) is 3.93. The number of aromatic nitrogens is 2. The van der Waals surface area contributed by atoms with E-state index < -0.39 is 10.0 Å². The van der Waals surface area contributed by atoms with Crippen LogP contribution in [0.1, 0.15) is 34.3 Å². The van der Waals surface area contributed by atoms with Gasteiger partial charge in [0.05, 0.1) is 17.9 Å². The summed E-state index contributed by atoms with van der Waals surface area (Å²) < 4.78 is 35.3. The number of fused-ring (bicyclic) bond motifs is 2. The summed E-state index contributed by atoms with van der Waals surface area (Å²) in [7, 11) is -3.59. The summed E-state index contributed by atoms with van der Waals surface area (Å²) in [6.07, 6.45) is 7.21. The van der Waals surface area contributed by atoms with Gasteiger partial charge in [-0.25, -0.2) is 13.4 Å². The molecule has 2 N–H and O–H groups in total. The van der Waals surface area contributed by atoms with Crippen LogP contribution in [-0.4, -0.2) is 54.1 Å². The van der Waals surface area contributed by atoms with Gasteiger partial charge in [0, 0.05) is 43.2 Å². The van der Waals surface area contributed by atoms with Crippen LogP contribution in [0.3, 0.4) is 0 Å². The standard InChI is InChI=1S/C22H23N5O4S/c23-21-20-17(14-32(29,30)25-21)4-1-5-18(20)31-13-15-3-2-8-27(12-15)22(28)16-6-9-26-10-7-24-19(26)11-16/h1,4-7,9-11,15H,2-3,8,12-14H2,(H2,23,25)/t15-/m0/s1. The Morgan fingerprint density at radius 1 is 1.25 bits per heavy atom. The molecule has 0 radical (unpaired) electrons. The van der Waals surface area contributed by atoms with Crippen molar-refractivity contribution in [3.8, 4) is 5.75 Å². The summed E-state index contributed by atoms with van der Waals surface area (Å²) in [6, 6.07) is 8.85. The van der Waals surface area contributed by atoms with Gasteiger partial charge in [0.2, 0.25) is 0 Å². The number of imidazole rings is 1. The first-order valence-electron chi connectivity index (χ1n) is 10.4. The Kier molecular flexibility index (Phi) is 5.09. The number of hydrogen-bond acceptors (Lipinski definition) is 6. The van der Waals surface area contributed by atoms with Crippen LogP contribution < -0.4 is 10.5 Å². The zero-order valence-corrected chi connectivity index (χ0v) is 18.2. The Hall–Kier alpha value is -3.40. The van der Waals surface area contributed by atoms with Crippen molar-refractivity contribution in [1.82, 2.24) is 14.3 Å². The van der Waals surface area contributed by atoms with Crippen LogP contribution in [0.5, 0.6) is 5.75 Å². The van der Waals surface area contributed by atoms with Crippen molar-refractivity contribution >= 4 is 27.4 Å². The average molecular weight is 454 g/mol. The highest BCUT2D eigenvalue weighted by molar-refractivity contribution is 7.89. The molecule has 1 saturated heterocycles. The number of amidine groups is 1. The van der Waals surface area contributed by atoms with Crippen molar-refractivity contribution in [1.29, 1.82) is 0 Å². The SMILES string of the molecule is NC1=NS(=O)(=O)Cc2cccc(OC[C@H]3CCCN(C(=O)c4ccn5ccnc5c4)C3)c21. The number of ether oxygens (including phenoxy) is 1. The Morgan fingerprint density at radius 2 is 2.12 bits per heavy atom. The van der Waals surface area contributed by atoms with Crippen molar-refractivity contribution in [2.45, 2.75) is 18.6 Å². The molecule has 0 unspecified atom stereocenters. The fourth-order valence-electron chi connectivity index (χ4n) is 4.35. The molecule has 4 heterocycles. The van der Waals surface area contributed by atoms with Gasteiger partial charge in [-0.1, -0.05) is 12.1 Å². The first-order chi connectivity index (χ1) is 15.4. The molecule has 2 aliphatic rings. The van der Waals surface area contributed by atoms with E-state index >= 15 is 0 Å². The van der Waals surface area contributed by atoms with Crippen LogP contribution >= 0.6 is 0 Å². The predicted octanol–water partition coefficient (Wildman–Crippen LogP) is 1.81. The molecule has 9 nitrogen and oxygen atoms in total. The maximum absolute atomic E-state index is 13.0. The predicted molar refractivity (Wildman–Crippen MR) is 119 cm³/mol. The van der Waals surface area contributed by atoms with Gasteiger partial charge in [0.1, 0.15) is 17.2 Å². The molecule has 1 atom stereocenters. The molecule has 2 aliphatic heterocycles. The fourth-order valence-corrected chi connectivity index (χ4v) is 5.44. The number of piperidine rings is 1. The zero-order chi connectivity index (χ0) is 22.3. The van der Waals surface area contributed by atoms with E-state index in [2.05, 4.69) is 9.38 Å². The maximum Gasteiger partial charge on any atom is 0.259 e.